The predicted molar refractivity (Wildman–Crippen MR) is 178 cm³/mol. The summed E-state index contributed by atoms with van der Waals surface area (Å²) >= 11 is 0. The molecular formula is C42H28O. The Morgan fingerprint density at radius 1 is 0.419 bits per heavy atom. The number of benzene rings is 7. The lowest BCUT2D eigenvalue weighted by molar-refractivity contribution is 0.487. The van der Waals surface area contributed by atoms with Crippen molar-refractivity contribution in [3.05, 3.63) is 168 Å². The molecule has 1 atom stereocenters. The molecule has 0 radical (unpaired) electrons. The van der Waals surface area contributed by atoms with Crippen LogP contribution in [-0.2, 0) is 5.41 Å². The first-order chi connectivity index (χ1) is 21.2. The number of hydrogen-bond donors (Lipinski definition) is 0. The third kappa shape index (κ3) is 3.46. The summed E-state index contributed by atoms with van der Waals surface area (Å²) in [5, 5.41) is 2.39. The molecule has 1 aliphatic heterocycles. The Balaban J connectivity index is 1.19. The second kappa shape index (κ2) is 9.05. The Kier molecular flexibility index (Phi) is 5.10. The van der Waals surface area contributed by atoms with Crippen molar-refractivity contribution >= 4 is 10.8 Å². The quantitative estimate of drug-likeness (QED) is 0.213. The highest BCUT2D eigenvalue weighted by molar-refractivity contribution is 6.10. The van der Waals surface area contributed by atoms with Crippen LogP contribution in [0.5, 0.6) is 11.5 Å². The molecule has 0 aromatic heterocycles. The van der Waals surface area contributed by atoms with Crippen molar-refractivity contribution in [3.8, 4) is 56.0 Å². The monoisotopic (exact) mass is 548 g/mol. The van der Waals surface area contributed by atoms with Crippen molar-refractivity contribution in [2.45, 2.75) is 12.3 Å². The maximum atomic E-state index is 6.36. The number of ether oxygens (including phenoxy) is 1. The molecule has 0 amide bonds. The van der Waals surface area contributed by atoms with Gasteiger partial charge in [-0.05, 0) is 92.2 Å². The first-order valence-electron chi connectivity index (χ1n) is 14.9. The zero-order valence-electron chi connectivity index (χ0n) is 23.8. The van der Waals surface area contributed by atoms with Gasteiger partial charge in [0, 0.05) is 16.4 Å². The van der Waals surface area contributed by atoms with Crippen molar-refractivity contribution in [1.82, 2.24) is 0 Å². The lowest BCUT2D eigenvalue weighted by atomic mass is 9.74. The molecule has 2 aliphatic rings. The lowest BCUT2D eigenvalue weighted by Crippen LogP contribution is -2.22. The molecule has 7 aromatic carbocycles. The number of fused-ring (bicyclic) bond motifs is 5. The zero-order valence-corrected chi connectivity index (χ0v) is 23.8. The molecule has 1 nitrogen and oxygen atoms in total. The zero-order chi connectivity index (χ0) is 28.5. The molecule has 1 aliphatic carbocycles. The van der Waals surface area contributed by atoms with E-state index in [4.69, 9.17) is 4.74 Å². The molecule has 0 spiro atoms. The Bertz CT molecular complexity index is 2230. The minimum absolute atomic E-state index is 0.215. The fraction of sp³-hybridized carbons (Fsp3) is 0.0476. The Hall–Kier alpha value is -5.40. The smallest absolute Gasteiger partial charge is 0.135 e. The highest BCUT2D eigenvalue weighted by atomic mass is 16.5. The minimum Gasteiger partial charge on any atom is -0.456 e. The summed E-state index contributed by atoms with van der Waals surface area (Å²) < 4.78 is 6.36. The summed E-state index contributed by atoms with van der Waals surface area (Å²) in [4.78, 5) is 0. The van der Waals surface area contributed by atoms with Gasteiger partial charge in [0.25, 0.3) is 0 Å². The standard InChI is InChI=1S/C42H28O/c1-42(30-13-3-2-4-14-30)37-19-7-5-15-32(37)33-22-21-28(26-38(33)42)27-11-9-12-29(25-27)31-23-24-40-41-35(31)17-10-18-36(41)34-16-6-8-20-39(34)43-40/h2-26H,1H3. The Labute approximate surface area is 251 Å². The summed E-state index contributed by atoms with van der Waals surface area (Å²) in [5.74, 6) is 1.83. The van der Waals surface area contributed by atoms with Gasteiger partial charge in [-0.3, -0.25) is 0 Å². The number of rotatable bonds is 3. The second-order valence-electron chi connectivity index (χ2n) is 11.8. The summed E-state index contributed by atoms with van der Waals surface area (Å²) in [6.45, 7) is 2.38. The molecule has 0 saturated carbocycles. The van der Waals surface area contributed by atoms with Crippen LogP contribution in [0.1, 0.15) is 23.6 Å². The van der Waals surface area contributed by atoms with Crippen LogP contribution < -0.4 is 4.74 Å². The highest BCUT2D eigenvalue weighted by Gasteiger charge is 2.40. The van der Waals surface area contributed by atoms with Crippen LogP contribution >= 0.6 is 0 Å². The van der Waals surface area contributed by atoms with E-state index in [-0.39, 0.29) is 5.41 Å². The highest BCUT2D eigenvalue weighted by Crippen LogP contribution is 2.53. The van der Waals surface area contributed by atoms with E-state index in [0.717, 1.165) is 17.1 Å². The van der Waals surface area contributed by atoms with Crippen molar-refractivity contribution in [1.29, 1.82) is 0 Å². The molecular weight excluding hydrogens is 520 g/mol. The van der Waals surface area contributed by atoms with Crippen molar-refractivity contribution in [3.63, 3.8) is 0 Å². The van der Waals surface area contributed by atoms with Crippen LogP contribution in [0.2, 0.25) is 0 Å². The van der Waals surface area contributed by atoms with Crippen LogP contribution in [0.15, 0.2) is 152 Å². The van der Waals surface area contributed by atoms with E-state index in [0.29, 0.717) is 0 Å². The normalized spacial score (nSPS) is 15.8. The van der Waals surface area contributed by atoms with Gasteiger partial charge in [0.15, 0.2) is 0 Å². The molecule has 1 heterocycles. The average molecular weight is 549 g/mol. The van der Waals surface area contributed by atoms with E-state index in [9.17, 15) is 0 Å². The summed E-state index contributed by atoms with van der Waals surface area (Å²) in [6, 6.07) is 55.1. The molecule has 202 valence electrons. The maximum Gasteiger partial charge on any atom is 0.135 e. The van der Waals surface area contributed by atoms with Gasteiger partial charge in [-0.1, -0.05) is 127 Å². The molecule has 0 fully saturated rings. The Morgan fingerprint density at radius 3 is 2.00 bits per heavy atom. The first-order valence-corrected chi connectivity index (χ1v) is 14.9. The average Bonchev–Trinajstić information content (AvgIpc) is 3.34. The molecule has 0 N–H and O–H groups in total. The summed E-state index contributed by atoms with van der Waals surface area (Å²) in [6.07, 6.45) is 0. The third-order valence-corrected chi connectivity index (χ3v) is 9.57. The van der Waals surface area contributed by atoms with Gasteiger partial charge in [0.1, 0.15) is 11.5 Å². The SMILES string of the molecule is CC1(c2ccccc2)c2ccccc2-c2ccc(-c3cccc(-c4ccc5c6c(cccc46)-c4ccccc4O5)c3)cc21. The third-order valence-electron chi connectivity index (χ3n) is 9.57. The van der Waals surface area contributed by atoms with E-state index >= 15 is 0 Å². The van der Waals surface area contributed by atoms with Crippen LogP contribution in [0.25, 0.3) is 55.3 Å². The fourth-order valence-electron chi connectivity index (χ4n) is 7.45. The van der Waals surface area contributed by atoms with Crippen LogP contribution in [0, 0.1) is 0 Å². The number of hydrogen-bond acceptors (Lipinski definition) is 1. The van der Waals surface area contributed by atoms with E-state index in [2.05, 4.69) is 146 Å². The number of para-hydroxylation sites is 1. The topological polar surface area (TPSA) is 9.23 Å². The van der Waals surface area contributed by atoms with Crippen LogP contribution in [0.3, 0.4) is 0 Å². The van der Waals surface area contributed by atoms with E-state index < -0.39 is 0 Å². The molecule has 1 heteroatoms. The largest absolute Gasteiger partial charge is 0.456 e. The summed E-state index contributed by atoms with van der Waals surface area (Å²) in [5.41, 5.74) is 13.7. The van der Waals surface area contributed by atoms with Gasteiger partial charge in [-0.15, -0.1) is 0 Å². The van der Waals surface area contributed by atoms with E-state index in [1.54, 1.807) is 0 Å². The molecule has 0 bridgehead atoms. The van der Waals surface area contributed by atoms with Crippen molar-refractivity contribution in [2.24, 2.45) is 0 Å². The summed E-state index contributed by atoms with van der Waals surface area (Å²) in [7, 11) is 0. The van der Waals surface area contributed by atoms with Crippen molar-refractivity contribution in [2.75, 3.05) is 0 Å². The van der Waals surface area contributed by atoms with Crippen LogP contribution in [-0.4, -0.2) is 0 Å². The van der Waals surface area contributed by atoms with Crippen molar-refractivity contribution < 1.29 is 4.74 Å². The van der Waals surface area contributed by atoms with Gasteiger partial charge < -0.3 is 4.74 Å². The van der Waals surface area contributed by atoms with Gasteiger partial charge in [-0.25, -0.2) is 0 Å². The molecule has 7 aromatic rings. The molecule has 1 unspecified atom stereocenters. The second-order valence-corrected chi connectivity index (χ2v) is 11.8. The van der Waals surface area contributed by atoms with Gasteiger partial charge in [0.05, 0.1) is 0 Å². The molecule has 0 saturated heterocycles. The minimum atomic E-state index is -0.215. The van der Waals surface area contributed by atoms with Gasteiger partial charge >= 0.3 is 0 Å². The first kappa shape index (κ1) is 24.2. The van der Waals surface area contributed by atoms with Crippen LogP contribution in [0.4, 0.5) is 0 Å². The van der Waals surface area contributed by atoms with Gasteiger partial charge in [0.2, 0.25) is 0 Å². The molecule has 9 rings (SSSR count). The lowest BCUT2D eigenvalue weighted by Gasteiger charge is -2.28. The maximum absolute atomic E-state index is 6.36. The van der Waals surface area contributed by atoms with E-state index in [1.165, 1.54) is 66.4 Å². The van der Waals surface area contributed by atoms with Gasteiger partial charge in [-0.2, -0.15) is 0 Å². The fourth-order valence-corrected chi connectivity index (χ4v) is 7.45. The predicted octanol–water partition coefficient (Wildman–Crippen LogP) is 11.3. The Morgan fingerprint density at radius 2 is 1.09 bits per heavy atom. The molecule has 43 heavy (non-hydrogen) atoms. The van der Waals surface area contributed by atoms with E-state index in [1.807, 2.05) is 12.1 Å².